The van der Waals surface area contributed by atoms with E-state index in [1.807, 2.05) is 13.0 Å². The first-order chi connectivity index (χ1) is 19.5. The molecule has 1 aromatic carbocycles. The molecule has 0 radical (unpaired) electrons. The third kappa shape index (κ3) is 5.83. The summed E-state index contributed by atoms with van der Waals surface area (Å²) in [6, 6.07) is 8.05. The van der Waals surface area contributed by atoms with Crippen LogP contribution in [0.3, 0.4) is 0 Å². The Balaban J connectivity index is 1.44. The molecule has 2 fully saturated rings. The second kappa shape index (κ2) is 11.2. The Bertz CT molecular complexity index is 1750. The van der Waals surface area contributed by atoms with Crippen molar-refractivity contribution in [3.05, 3.63) is 108 Å². The molecule has 2 atom stereocenters. The number of pyridine rings is 1. The Hall–Kier alpha value is -3.82. The predicted octanol–water partition coefficient (Wildman–Crippen LogP) is 6.19. The molecule has 0 aliphatic heterocycles. The van der Waals surface area contributed by atoms with Crippen molar-refractivity contribution in [1.82, 2.24) is 14.8 Å². The van der Waals surface area contributed by atoms with Crippen molar-refractivity contribution in [3.8, 4) is 0 Å². The molecule has 3 aromatic rings. The summed E-state index contributed by atoms with van der Waals surface area (Å²) in [6.45, 7) is 5.39. The Kier molecular flexibility index (Phi) is 7.85. The number of aromatic nitrogens is 3. The number of amides is 1. The number of nitrogens with zero attached hydrogens (tertiary/aromatic N) is 3. The lowest BCUT2D eigenvalue weighted by molar-refractivity contribution is -0.120. The molecule has 2 heterocycles. The van der Waals surface area contributed by atoms with Gasteiger partial charge < -0.3 is 5.32 Å². The Morgan fingerprint density at radius 1 is 1.22 bits per heavy atom. The van der Waals surface area contributed by atoms with E-state index in [1.165, 1.54) is 35.2 Å². The second-order valence-corrected chi connectivity index (χ2v) is 11.4. The van der Waals surface area contributed by atoms with E-state index in [0.29, 0.717) is 23.2 Å². The average molecular weight is 596 g/mol. The highest BCUT2D eigenvalue weighted by atomic mass is 35.5. The highest BCUT2D eigenvalue weighted by Crippen LogP contribution is 2.55. The van der Waals surface area contributed by atoms with Crippen molar-refractivity contribution >= 4 is 46.7 Å². The van der Waals surface area contributed by atoms with Gasteiger partial charge in [0.05, 0.1) is 11.4 Å². The molecule has 0 bridgehead atoms. The largest absolute Gasteiger partial charge is 0.323 e. The highest BCUT2D eigenvalue weighted by molar-refractivity contribution is 6.31. The zero-order valence-electron chi connectivity index (χ0n) is 22.7. The van der Waals surface area contributed by atoms with E-state index in [-0.39, 0.29) is 50.4 Å². The van der Waals surface area contributed by atoms with E-state index in [1.54, 1.807) is 32.1 Å². The minimum Gasteiger partial charge on any atom is -0.323 e. The van der Waals surface area contributed by atoms with Crippen LogP contribution < -0.4 is 16.4 Å². The number of halogens is 3. The number of carbonyl (C=O) groups is 1. The molecule has 2 unspecified atom stereocenters. The van der Waals surface area contributed by atoms with Crippen LogP contribution in [0.1, 0.15) is 67.3 Å². The second-order valence-electron chi connectivity index (χ2n) is 10.6. The number of benzene rings is 1. The average Bonchev–Trinajstić information content (AvgIpc) is 3.88. The number of aromatic amines is 1. The van der Waals surface area contributed by atoms with Gasteiger partial charge in [0, 0.05) is 34.6 Å². The van der Waals surface area contributed by atoms with Gasteiger partial charge in [-0.05, 0) is 80.9 Å². The van der Waals surface area contributed by atoms with E-state index in [9.17, 15) is 14.4 Å². The first-order valence-corrected chi connectivity index (χ1v) is 13.9. The van der Waals surface area contributed by atoms with Crippen LogP contribution in [-0.2, 0) is 4.79 Å². The molecule has 41 heavy (non-hydrogen) atoms. The fourth-order valence-corrected chi connectivity index (χ4v) is 5.22. The van der Waals surface area contributed by atoms with Gasteiger partial charge in [0.25, 0.3) is 11.1 Å². The normalized spacial score (nSPS) is 19.6. The lowest BCUT2D eigenvalue weighted by Crippen LogP contribution is -2.22. The number of H-pyrrole nitrogens is 1. The van der Waals surface area contributed by atoms with E-state index in [0.717, 1.165) is 12.8 Å². The van der Waals surface area contributed by atoms with Crippen LogP contribution in [0.5, 0.6) is 0 Å². The number of hydrogen-bond acceptors (Lipinski definition) is 5. The Morgan fingerprint density at radius 3 is 2.66 bits per heavy atom. The Morgan fingerprint density at radius 2 is 1.95 bits per heavy atom. The molecule has 212 valence electrons. The van der Waals surface area contributed by atoms with E-state index >= 15 is 4.39 Å². The van der Waals surface area contributed by atoms with Crippen LogP contribution in [0, 0.1) is 18.2 Å². The molecule has 8 nitrogen and oxygen atoms in total. The first-order valence-electron chi connectivity index (χ1n) is 13.2. The van der Waals surface area contributed by atoms with Gasteiger partial charge in [-0.1, -0.05) is 42.3 Å². The van der Waals surface area contributed by atoms with Gasteiger partial charge in [-0.2, -0.15) is 5.10 Å². The van der Waals surface area contributed by atoms with Crippen molar-refractivity contribution in [2.45, 2.75) is 51.9 Å². The molecule has 0 spiro atoms. The van der Waals surface area contributed by atoms with Crippen molar-refractivity contribution < 1.29 is 9.18 Å². The Labute approximate surface area is 245 Å². The summed E-state index contributed by atoms with van der Waals surface area (Å²) in [7, 11) is 0. The van der Waals surface area contributed by atoms with Crippen LogP contribution >= 0.6 is 23.2 Å². The molecule has 5 rings (SSSR count). The standard InChI is InChI=1S/C30H28Cl2FN5O3/c1-4-11-34-22(17-6-5-7-23(26(17)33)35-29(41)30(3)9-10-30)8-12-38-16(2)13-20(25(32)28(38)40)18-14-19(18)21-15-24(31)36-37-27(21)39/h4-8,11-13,15,18-19H,9-10,14H2,1-3H3,(H,35,41)(H,37,39)/b11-4+,12-8+,34-22-. The maximum atomic E-state index is 15.6. The van der Waals surface area contributed by atoms with Gasteiger partial charge in [0.1, 0.15) is 10.2 Å². The number of carbonyl (C=O) groups excluding carboxylic acids is 1. The van der Waals surface area contributed by atoms with E-state index in [4.69, 9.17) is 23.2 Å². The van der Waals surface area contributed by atoms with E-state index < -0.39 is 16.8 Å². The number of aliphatic imine (C=N–C) groups is 1. The number of nitrogens with one attached hydrogen (secondary N) is 2. The first kappa shape index (κ1) is 28.7. The smallest absolute Gasteiger partial charge is 0.273 e. The highest BCUT2D eigenvalue weighted by Gasteiger charge is 2.45. The van der Waals surface area contributed by atoms with Gasteiger partial charge in [-0.3, -0.25) is 23.9 Å². The summed E-state index contributed by atoms with van der Waals surface area (Å²) in [4.78, 5) is 42.4. The number of hydrogen-bond donors (Lipinski definition) is 2. The van der Waals surface area contributed by atoms with Crippen molar-refractivity contribution in [2.75, 3.05) is 5.32 Å². The van der Waals surface area contributed by atoms with Crippen LogP contribution in [0.25, 0.3) is 6.20 Å². The summed E-state index contributed by atoms with van der Waals surface area (Å²) >= 11 is 12.5. The quantitative estimate of drug-likeness (QED) is 0.302. The summed E-state index contributed by atoms with van der Waals surface area (Å²) < 4.78 is 16.9. The van der Waals surface area contributed by atoms with Crippen molar-refractivity contribution in [1.29, 1.82) is 0 Å². The number of aryl methyl sites for hydroxylation is 1. The SMILES string of the molecule is C/C=C/N=C(/C=C/n1c(C)cc(C2CC2c2cc(Cl)n[nH]c2=O)c(Cl)c1=O)c1cccc(NC(=O)C2(C)CC2)c1F. The minimum absolute atomic E-state index is 0.0423. The van der Waals surface area contributed by atoms with E-state index in [2.05, 4.69) is 20.5 Å². The molecule has 2 aliphatic rings. The lowest BCUT2D eigenvalue weighted by atomic mass is 10.1. The molecule has 2 aromatic heterocycles. The fourth-order valence-electron chi connectivity index (χ4n) is 4.77. The fraction of sp³-hybridized carbons (Fsp3) is 0.300. The topological polar surface area (TPSA) is 109 Å². The van der Waals surface area contributed by atoms with Gasteiger partial charge >= 0.3 is 0 Å². The summed E-state index contributed by atoms with van der Waals surface area (Å²) in [6.07, 6.45) is 8.41. The number of rotatable bonds is 8. The molecule has 2 aliphatic carbocycles. The number of anilines is 1. The zero-order chi connectivity index (χ0) is 29.5. The third-order valence-corrected chi connectivity index (χ3v) is 8.18. The van der Waals surface area contributed by atoms with Gasteiger partial charge in [-0.25, -0.2) is 9.49 Å². The third-order valence-electron chi connectivity index (χ3n) is 7.61. The minimum atomic E-state index is -0.624. The van der Waals surface area contributed by atoms with Gasteiger partial charge in [0.15, 0.2) is 5.82 Å². The van der Waals surface area contributed by atoms with Crippen LogP contribution in [-0.4, -0.2) is 26.4 Å². The molecular formula is C30H28Cl2FN5O3. The molecule has 2 N–H and O–H groups in total. The van der Waals surface area contributed by atoms with Crippen molar-refractivity contribution in [3.63, 3.8) is 0 Å². The van der Waals surface area contributed by atoms with Crippen LogP contribution in [0.15, 0.2) is 63.3 Å². The lowest BCUT2D eigenvalue weighted by Gasteiger charge is -2.13. The van der Waals surface area contributed by atoms with Gasteiger partial charge in [-0.15, -0.1) is 0 Å². The number of allylic oxidation sites excluding steroid dienone is 2. The summed E-state index contributed by atoms with van der Waals surface area (Å²) in [5, 5.41) is 9.00. The van der Waals surface area contributed by atoms with Crippen LogP contribution in [0.4, 0.5) is 10.1 Å². The zero-order valence-corrected chi connectivity index (χ0v) is 24.2. The summed E-state index contributed by atoms with van der Waals surface area (Å²) in [5.41, 5.74) is 0.994. The molecule has 1 amide bonds. The van der Waals surface area contributed by atoms with Crippen LogP contribution in [0.2, 0.25) is 10.2 Å². The van der Waals surface area contributed by atoms with Crippen molar-refractivity contribution in [2.24, 2.45) is 10.4 Å². The monoisotopic (exact) mass is 595 g/mol. The molecule has 0 saturated heterocycles. The molecular weight excluding hydrogens is 568 g/mol. The predicted molar refractivity (Wildman–Crippen MR) is 159 cm³/mol. The molecule has 11 heteroatoms. The maximum absolute atomic E-state index is 15.6. The van der Waals surface area contributed by atoms with Gasteiger partial charge in [0.2, 0.25) is 5.91 Å². The summed E-state index contributed by atoms with van der Waals surface area (Å²) in [5.74, 6) is -1.08. The molecule has 2 saturated carbocycles. The maximum Gasteiger partial charge on any atom is 0.273 e.